The minimum atomic E-state index is -0.169. The Morgan fingerprint density at radius 2 is 1.78 bits per heavy atom. The number of hydrogen-bond acceptors (Lipinski definition) is 4. The van der Waals surface area contributed by atoms with E-state index in [1.807, 2.05) is 13.0 Å². The fourth-order valence-corrected chi connectivity index (χ4v) is 2.11. The van der Waals surface area contributed by atoms with Gasteiger partial charge in [-0.2, -0.15) is 0 Å². The molecule has 1 amide bonds. The van der Waals surface area contributed by atoms with E-state index in [9.17, 15) is 9.59 Å². The van der Waals surface area contributed by atoms with E-state index in [1.165, 1.54) is 7.11 Å². The lowest BCUT2D eigenvalue weighted by atomic mass is 10.1. The summed E-state index contributed by atoms with van der Waals surface area (Å²) in [7, 11) is 3.10. The summed E-state index contributed by atoms with van der Waals surface area (Å²) < 4.78 is 10.7. The van der Waals surface area contributed by atoms with Crippen LogP contribution in [-0.4, -0.2) is 32.5 Å². The van der Waals surface area contributed by atoms with E-state index >= 15 is 0 Å². The van der Waals surface area contributed by atoms with E-state index in [4.69, 9.17) is 9.47 Å². The van der Waals surface area contributed by atoms with Crippen molar-refractivity contribution >= 4 is 11.7 Å². The standard InChI is InChI=1S/C18H19NO4/c1-12-4-9-17(22-3)15(10-12)16(20)11-23-14-7-5-13(6-8-14)18(21)19-2/h4-10H,11H2,1-3H3,(H,19,21). The number of carbonyl (C=O) groups excluding carboxylic acids is 2. The largest absolute Gasteiger partial charge is 0.496 e. The first-order valence-corrected chi connectivity index (χ1v) is 7.18. The number of ketones is 1. The Morgan fingerprint density at radius 3 is 2.39 bits per heavy atom. The highest BCUT2D eigenvalue weighted by molar-refractivity contribution is 6.00. The summed E-state index contributed by atoms with van der Waals surface area (Å²) in [5.74, 6) is 0.717. The number of methoxy groups -OCH3 is 1. The molecule has 0 aliphatic heterocycles. The van der Waals surface area contributed by atoms with Crippen LogP contribution in [0.4, 0.5) is 0 Å². The van der Waals surface area contributed by atoms with E-state index in [-0.39, 0.29) is 18.3 Å². The smallest absolute Gasteiger partial charge is 0.251 e. The minimum Gasteiger partial charge on any atom is -0.496 e. The number of benzene rings is 2. The molecule has 2 rings (SSSR count). The van der Waals surface area contributed by atoms with Gasteiger partial charge in [0.25, 0.3) is 5.91 Å². The monoisotopic (exact) mass is 313 g/mol. The van der Waals surface area contributed by atoms with Gasteiger partial charge < -0.3 is 14.8 Å². The molecule has 0 aliphatic carbocycles. The topological polar surface area (TPSA) is 64.6 Å². The summed E-state index contributed by atoms with van der Waals surface area (Å²) in [4.78, 5) is 23.8. The van der Waals surface area contributed by atoms with Crippen molar-refractivity contribution in [2.75, 3.05) is 20.8 Å². The maximum Gasteiger partial charge on any atom is 0.251 e. The van der Waals surface area contributed by atoms with Gasteiger partial charge in [0.05, 0.1) is 12.7 Å². The van der Waals surface area contributed by atoms with Gasteiger partial charge in [-0.05, 0) is 43.3 Å². The predicted molar refractivity (Wildman–Crippen MR) is 87.4 cm³/mol. The SMILES string of the molecule is CNC(=O)c1ccc(OCC(=O)c2cc(C)ccc2OC)cc1. The molecule has 0 fully saturated rings. The zero-order chi connectivity index (χ0) is 16.8. The Bertz CT molecular complexity index is 707. The van der Waals surface area contributed by atoms with Gasteiger partial charge in [0.1, 0.15) is 11.5 Å². The van der Waals surface area contributed by atoms with Gasteiger partial charge in [-0.3, -0.25) is 9.59 Å². The molecule has 0 radical (unpaired) electrons. The highest BCUT2D eigenvalue weighted by atomic mass is 16.5. The lowest BCUT2D eigenvalue weighted by Gasteiger charge is -2.10. The fourth-order valence-electron chi connectivity index (χ4n) is 2.11. The number of amides is 1. The van der Waals surface area contributed by atoms with Crippen LogP contribution in [0.1, 0.15) is 26.3 Å². The second-order valence-electron chi connectivity index (χ2n) is 5.02. The highest BCUT2D eigenvalue weighted by Crippen LogP contribution is 2.21. The van der Waals surface area contributed by atoms with Crippen LogP contribution in [0.2, 0.25) is 0 Å². The molecular formula is C18H19NO4. The van der Waals surface area contributed by atoms with E-state index < -0.39 is 0 Å². The zero-order valence-electron chi connectivity index (χ0n) is 13.4. The fraction of sp³-hybridized carbons (Fsp3) is 0.222. The minimum absolute atomic E-state index is 0.0981. The third-order valence-corrected chi connectivity index (χ3v) is 3.37. The molecule has 0 aromatic heterocycles. The summed E-state index contributed by atoms with van der Waals surface area (Å²) in [6.07, 6.45) is 0. The van der Waals surface area contributed by atoms with Crippen LogP contribution < -0.4 is 14.8 Å². The van der Waals surface area contributed by atoms with E-state index in [1.54, 1.807) is 43.4 Å². The first-order chi connectivity index (χ1) is 11.0. The molecular weight excluding hydrogens is 294 g/mol. The van der Waals surface area contributed by atoms with E-state index in [0.29, 0.717) is 22.6 Å². The van der Waals surface area contributed by atoms with Crippen LogP contribution in [-0.2, 0) is 0 Å². The normalized spacial score (nSPS) is 10.0. The summed E-state index contributed by atoms with van der Waals surface area (Å²) in [6.45, 7) is 1.81. The molecule has 1 N–H and O–H groups in total. The molecule has 0 atom stereocenters. The van der Waals surface area contributed by atoms with Crippen molar-refractivity contribution in [2.45, 2.75) is 6.92 Å². The zero-order valence-corrected chi connectivity index (χ0v) is 13.4. The Balaban J connectivity index is 2.04. The molecule has 0 spiro atoms. The van der Waals surface area contributed by atoms with Crippen molar-refractivity contribution < 1.29 is 19.1 Å². The first-order valence-electron chi connectivity index (χ1n) is 7.18. The third kappa shape index (κ3) is 4.10. The quantitative estimate of drug-likeness (QED) is 0.833. The molecule has 0 saturated carbocycles. The van der Waals surface area contributed by atoms with Crippen LogP contribution in [0.15, 0.2) is 42.5 Å². The molecule has 23 heavy (non-hydrogen) atoms. The number of ether oxygens (including phenoxy) is 2. The molecule has 120 valence electrons. The molecule has 0 heterocycles. The summed E-state index contributed by atoms with van der Waals surface area (Å²) in [5.41, 5.74) is 2.00. The van der Waals surface area contributed by atoms with Crippen LogP contribution in [0.25, 0.3) is 0 Å². The summed E-state index contributed by atoms with van der Waals surface area (Å²) in [5, 5.41) is 2.54. The molecule has 5 heteroatoms. The van der Waals surface area contributed by atoms with Crippen molar-refractivity contribution in [2.24, 2.45) is 0 Å². The number of carbonyl (C=O) groups is 2. The van der Waals surface area contributed by atoms with Crippen molar-refractivity contribution in [1.29, 1.82) is 0 Å². The number of aryl methyl sites for hydroxylation is 1. The molecule has 5 nitrogen and oxygen atoms in total. The number of hydrogen-bond donors (Lipinski definition) is 1. The van der Waals surface area contributed by atoms with E-state index in [2.05, 4.69) is 5.32 Å². The average Bonchev–Trinajstić information content (AvgIpc) is 2.59. The Kier molecular flexibility index (Phi) is 5.36. The van der Waals surface area contributed by atoms with Crippen LogP contribution in [0.5, 0.6) is 11.5 Å². The van der Waals surface area contributed by atoms with Gasteiger partial charge >= 0.3 is 0 Å². The summed E-state index contributed by atoms with van der Waals surface area (Å²) >= 11 is 0. The van der Waals surface area contributed by atoms with Crippen molar-refractivity contribution in [3.05, 3.63) is 59.2 Å². The first kappa shape index (κ1) is 16.5. The van der Waals surface area contributed by atoms with E-state index in [0.717, 1.165) is 5.56 Å². The number of nitrogens with one attached hydrogen (secondary N) is 1. The van der Waals surface area contributed by atoms with Gasteiger partial charge in [0.2, 0.25) is 5.78 Å². The van der Waals surface area contributed by atoms with Crippen molar-refractivity contribution in [3.8, 4) is 11.5 Å². The van der Waals surface area contributed by atoms with Gasteiger partial charge in [-0.1, -0.05) is 11.6 Å². The summed E-state index contributed by atoms with van der Waals surface area (Å²) in [6, 6.07) is 12.0. The Morgan fingerprint density at radius 1 is 1.09 bits per heavy atom. The molecule has 0 saturated heterocycles. The molecule has 0 unspecified atom stereocenters. The second kappa shape index (κ2) is 7.45. The number of rotatable bonds is 6. The third-order valence-electron chi connectivity index (χ3n) is 3.37. The van der Waals surface area contributed by atoms with Crippen molar-refractivity contribution in [3.63, 3.8) is 0 Å². The predicted octanol–water partition coefficient (Wildman–Crippen LogP) is 2.62. The van der Waals surface area contributed by atoms with Crippen LogP contribution in [0.3, 0.4) is 0 Å². The molecule has 2 aromatic rings. The van der Waals surface area contributed by atoms with Gasteiger partial charge in [-0.25, -0.2) is 0 Å². The lowest BCUT2D eigenvalue weighted by molar-refractivity contribution is 0.0916. The van der Waals surface area contributed by atoms with Crippen molar-refractivity contribution in [1.82, 2.24) is 5.32 Å². The molecule has 0 bridgehead atoms. The van der Waals surface area contributed by atoms with Crippen LogP contribution in [0, 0.1) is 6.92 Å². The van der Waals surface area contributed by atoms with Gasteiger partial charge in [0.15, 0.2) is 6.61 Å². The average molecular weight is 313 g/mol. The van der Waals surface area contributed by atoms with Crippen LogP contribution >= 0.6 is 0 Å². The Labute approximate surface area is 135 Å². The Hall–Kier alpha value is -2.82. The molecule has 0 aliphatic rings. The number of Topliss-reactive ketones (excluding diaryl/α,β-unsaturated/α-hetero) is 1. The van der Waals surface area contributed by atoms with Gasteiger partial charge in [-0.15, -0.1) is 0 Å². The maximum atomic E-state index is 12.3. The second-order valence-corrected chi connectivity index (χ2v) is 5.02. The lowest BCUT2D eigenvalue weighted by Crippen LogP contribution is -2.17. The highest BCUT2D eigenvalue weighted by Gasteiger charge is 2.13. The molecule has 2 aromatic carbocycles. The maximum absolute atomic E-state index is 12.3. The van der Waals surface area contributed by atoms with Gasteiger partial charge in [0, 0.05) is 12.6 Å².